The van der Waals surface area contributed by atoms with Gasteiger partial charge >= 0.3 is 0 Å². The number of hydrogen-bond donors (Lipinski definition) is 1. The summed E-state index contributed by atoms with van der Waals surface area (Å²) in [5.74, 6) is 0.639. The predicted octanol–water partition coefficient (Wildman–Crippen LogP) is 3.15. The third-order valence-corrected chi connectivity index (χ3v) is 3.99. The summed E-state index contributed by atoms with van der Waals surface area (Å²) in [7, 11) is 0. The maximum Gasteiger partial charge on any atom is 0.137 e. The fourth-order valence-corrected chi connectivity index (χ4v) is 2.85. The number of aldehydes is 1. The lowest BCUT2D eigenvalue weighted by Gasteiger charge is -2.07. The maximum absolute atomic E-state index is 10.5. The van der Waals surface area contributed by atoms with Crippen molar-refractivity contribution >= 4 is 29.2 Å². The first-order valence-electron chi connectivity index (χ1n) is 5.89. The number of ether oxygens (including phenoxy) is 1. The van der Waals surface area contributed by atoms with Crippen molar-refractivity contribution in [3.63, 3.8) is 0 Å². The highest BCUT2D eigenvalue weighted by atomic mass is 35.5. The summed E-state index contributed by atoms with van der Waals surface area (Å²) in [5.41, 5.74) is 6.40. The smallest absolute Gasteiger partial charge is 0.137 e. The van der Waals surface area contributed by atoms with Crippen molar-refractivity contribution in [2.75, 3.05) is 13.2 Å². The summed E-state index contributed by atoms with van der Waals surface area (Å²) in [5, 5.41) is 0.566. The van der Waals surface area contributed by atoms with Crippen LogP contribution in [0.2, 0.25) is 5.02 Å². The first-order valence-corrected chi connectivity index (χ1v) is 7.09. The van der Waals surface area contributed by atoms with E-state index in [0.29, 0.717) is 30.3 Å². The van der Waals surface area contributed by atoms with Crippen molar-refractivity contribution in [1.29, 1.82) is 0 Å². The molecule has 0 saturated heterocycles. The van der Waals surface area contributed by atoms with Gasteiger partial charge in [0.2, 0.25) is 0 Å². The molecule has 5 heteroatoms. The molecule has 1 aromatic heterocycles. The Kier molecular flexibility index (Phi) is 4.96. The highest BCUT2D eigenvalue weighted by Gasteiger charge is 2.07. The van der Waals surface area contributed by atoms with Gasteiger partial charge in [-0.3, -0.25) is 0 Å². The topological polar surface area (TPSA) is 52.3 Å². The quantitative estimate of drug-likeness (QED) is 0.833. The van der Waals surface area contributed by atoms with E-state index in [1.807, 2.05) is 30.3 Å². The van der Waals surface area contributed by atoms with Gasteiger partial charge in [0, 0.05) is 22.7 Å². The monoisotopic (exact) mass is 295 g/mol. The van der Waals surface area contributed by atoms with Crippen molar-refractivity contribution < 1.29 is 9.53 Å². The standard InChI is InChI=1S/C14H14ClNO2S/c15-12-9-10(1-3-13(12)18-8-6-16)14-4-2-11(19-14)5-7-17/h1-4,7,9H,5-6,8,16H2. The van der Waals surface area contributed by atoms with Crippen LogP contribution in [0.15, 0.2) is 30.3 Å². The van der Waals surface area contributed by atoms with Gasteiger partial charge in [-0.1, -0.05) is 11.6 Å². The Morgan fingerprint density at radius 2 is 2.16 bits per heavy atom. The third kappa shape index (κ3) is 3.56. The van der Waals surface area contributed by atoms with Crippen LogP contribution in [0.5, 0.6) is 5.75 Å². The second-order valence-corrected chi connectivity index (χ2v) is 5.49. The number of hydrogen-bond acceptors (Lipinski definition) is 4. The van der Waals surface area contributed by atoms with E-state index in [9.17, 15) is 4.79 Å². The molecule has 0 unspecified atom stereocenters. The summed E-state index contributed by atoms with van der Waals surface area (Å²) in [6.45, 7) is 0.902. The lowest BCUT2D eigenvalue weighted by molar-refractivity contribution is -0.107. The molecule has 0 aliphatic carbocycles. The van der Waals surface area contributed by atoms with E-state index in [-0.39, 0.29) is 0 Å². The second kappa shape index (κ2) is 6.70. The zero-order valence-corrected chi connectivity index (χ0v) is 11.8. The van der Waals surface area contributed by atoms with E-state index < -0.39 is 0 Å². The molecule has 2 rings (SSSR count). The van der Waals surface area contributed by atoms with E-state index in [1.165, 1.54) is 0 Å². The number of carbonyl (C=O) groups is 1. The molecule has 19 heavy (non-hydrogen) atoms. The molecule has 3 nitrogen and oxygen atoms in total. The Morgan fingerprint density at radius 3 is 2.84 bits per heavy atom. The summed E-state index contributed by atoms with van der Waals surface area (Å²) >= 11 is 7.76. The van der Waals surface area contributed by atoms with Crippen molar-refractivity contribution in [2.24, 2.45) is 5.73 Å². The predicted molar refractivity (Wildman–Crippen MR) is 79.1 cm³/mol. The Bertz CT molecular complexity index is 568. The number of benzene rings is 1. The van der Waals surface area contributed by atoms with Crippen LogP contribution in [-0.2, 0) is 11.2 Å². The molecule has 0 fully saturated rings. The molecule has 0 amide bonds. The molecule has 100 valence electrons. The molecule has 1 aromatic carbocycles. The van der Waals surface area contributed by atoms with Crippen molar-refractivity contribution in [1.82, 2.24) is 0 Å². The Labute approximate surface area is 121 Å². The number of halogens is 1. The van der Waals surface area contributed by atoms with Crippen LogP contribution >= 0.6 is 22.9 Å². The van der Waals surface area contributed by atoms with E-state index >= 15 is 0 Å². The lowest BCUT2D eigenvalue weighted by Crippen LogP contribution is -2.10. The summed E-state index contributed by atoms with van der Waals surface area (Å²) in [6.07, 6.45) is 1.36. The van der Waals surface area contributed by atoms with E-state index in [2.05, 4.69) is 0 Å². The van der Waals surface area contributed by atoms with Gasteiger partial charge in [0.05, 0.1) is 5.02 Å². The molecule has 0 atom stereocenters. The first kappa shape index (κ1) is 14.1. The molecule has 0 radical (unpaired) electrons. The average Bonchev–Trinajstić information content (AvgIpc) is 2.86. The SMILES string of the molecule is NCCOc1ccc(-c2ccc(CC=O)s2)cc1Cl. The van der Waals surface area contributed by atoms with E-state index in [1.54, 1.807) is 11.3 Å². The largest absolute Gasteiger partial charge is 0.491 e. The van der Waals surface area contributed by atoms with Crippen LogP contribution in [0, 0.1) is 0 Å². The normalized spacial score (nSPS) is 10.4. The molecule has 0 aliphatic heterocycles. The minimum absolute atomic E-state index is 0.446. The van der Waals surface area contributed by atoms with Crippen molar-refractivity contribution in [3.8, 4) is 16.2 Å². The zero-order valence-electron chi connectivity index (χ0n) is 10.3. The Balaban J connectivity index is 2.20. The van der Waals surface area contributed by atoms with Crippen molar-refractivity contribution in [2.45, 2.75) is 6.42 Å². The molecule has 0 bridgehead atoms. The number of rotatable bonds is 6. The first-order chi connectivity index (χ1) is 9.24. The zero-order chi connectivity index (χ0) is 13.7. The molecule has 2 aromatic rings. The van der Waals surface area contributed by atoms with Gasteiger partial charge in [-0.15, -0.1) is 11.3 Å². The van der Waals surface area contributed by atoms with Crippen LogP contribution in [-0.4, -0.2) is 19.4 Å². The minimum atomic E-state index is 0.446. The molecular weight excluding hydrogens is 282 g/mol. The fourth-order valence-electron chi connectivity index (χ4n) is 1.66. The van der Waals surface area contributed by atoms with Crippen LogP contribution in [0.4, 0.5) is 0 Å². The fraction of sp³-hybridized carbons (Fsp3) is 0.214. The van der Waals surface area contributed by atoms with Gasteiger partial charge in [0.15, 0.2) is 0 Å². The second-order valence-electron chi connectivity index (χ2n) is 3.92. The molecule has 1 heterocycles. The van der Waals surface area contributed by atoms with Gasteiger partial charge in [0.25, 0.3) is 0 Å². The summed E-state index contributed by atoms with van der Waals surface area (Å²) < 4.78 is 5.42. The molecule has 0 saturated carbocycles. The lowest BCUT2D eigenvalue weighted by atomic mass is 10.2. The van der Waals surface area contributed by atoms with Crippen LogP contribution < -0.4 is 10.5 Å². The number of thiophene rings is 1. The van der Waals surface area contributed by atoms with E-state index in [0.717, 1.165) is 21.6 Å². The molecule has 0 spiro atoms. The van der Waals surface area contributed by atoms with Gasteiger partial charge in [-0.2, -0.15) is 0 Å². The van der Waals surface area contributed by atoms with Crippen LogP contribution in [0.25, 0.3) is 10.4 Å². The number of carbonyl (C=O) groups excluding carboxylic acids is 1. The maximum atomic E-state index is 10.5. The van der Waals surface area contributed by atoms with Crippen molar-refractivity contribution in [3.05, 3.63) is 40.2 Å². The van der Waals surface area contributed by atoms with Crippen LogP contribution in [0.1, 0.15) is 4.88 Å². The third-order valence-electron chi connectivity index (χ3n) is 2.54. The summed E-state index contributed by atoms with van der Waals surface area (Å²) in [4.78, 5) is 12.6. The Morgan fingerprint density at radius 1 is 1.32 bits per heavy atom. The van der Waals surface area contributed by atoms with E-state index in [4.69, 9.17) is 22.1 Å². The van der Waals surface area contributed by atoms with Gasteiger partial charge in [0.1, 0.15) is 18.6 Å². The molecule has 0 aliphatic rings. The highest BCUT2D eigenvalue weighted by Crippen LogP contribution is 2.33. The Hall–Kier alpha value is -1.36. The average molecular weight is 296 g/mol. The summed E-state index contributed by atoms with van der Waals surface area (Å²) in [6, 6.07) is 9.61. The van der Waals surface area contributed by atoms with Gasteiger partial charge in [-0.25, -0.2) is 0 Å². The number of nitrogens with two attached hydrogens (primary N) is 1. The molecular formula is C14H14ClNO2S. The highest BCUT2D eigenvalue weighted by molar-refractivity contribution is 7.15. The minimum Gasteiger partial charge on any atom is -0.491 e. The van der Waals surface area contributed by atoms with Gasteiger partial charge < -0.3 is 15.3 Å². The molecule has 2 N–H and O–H groups in total. The van der Waals surface area contributed by atoms with Crippen LogP contribution in [0.3, 0.4) is 0 Å². The van der Waals surface area contributed by atoms with Gasteiger partial charge in [-0.05, 0) is 35.9 Å².